The molecule has 0 saturated heterocycles. The number of nitrogens with zero attached hydrogens (tertiary/aromatic N) is 2. The van der Waals surface area contributed by atoms with E-state index in [-0.39, 0.29) is 5.91 Å². The monoisotopic (exact) mass is 272 g/mol. The molecule has 2 rings (SSSR count). The Morgan fingerprint density at radius 2 is 2.00 bits per heavy atom. The molecule has 1 aromatic carbocycles. The number of rotatable bonds is 6. The van der Waals surface area contributed by atoms with Gasteiger partial charge in [-0.25, -0.2) is 9.97 Å². The second-order valence-corrected chi connectivity index (χ2v) is 3.99. The number of benzene rings is 1. The van der Waals surface area contributed by atoms with Gasteiger partial charge in [0.25, 0.3) is 5.91 Å². The molecular formula is C14H16N4O2. The second-order valence-electron chi connectivity index (χ2n) is 3.99. The molecule has 2 N–H and O–H groups in total. The minimum absolute atomic E-state index is 0.139. The molecule has 20 heavy (non-hydrogen) atoms. The lowest BCUT2D eigenvalue weighted by molar-refractivity contribution is 0.0955. The summed E-state index contributed by atoms with van der Waals surface area (Å²) in [4.78, 5) is 19.9. The van der Waals surface area contributed by atoms with Crippen LogP contribution in [-0.2, 0) is 0 Å². The molecule has 0 aliphatic rings. The van der Waals surface area contributed by atoms with Crippen molar-refractivity contribution in [2.75, 3.05) is 25.5 Å². The van der Waals surface area contributed by atoms with Crippen LogP contribution in [0.4, 0.5) is 5.95 Å². The number of nitrogens with one attached hydrogen (secondary N) is 2. The maximum atomic E-state index is 11.9. The first-order chi connectivity index (χ1) is 9.79. The molecule has 6 nitrogen and oxygen atoms in total. The number of hydrogen-bond donors (Lipinski definition) is 2. The summed E-state index contributed by atoms with van der Waals surface area (Å²) in [5.74, 6) is 1.07. The predicted octanol–water partition coefficient (Wildman–Crippen LogP) is 1.33. The fourth-order valence-electron chi connectivity index (χ4n) is 1.61. The van der Waals surface area contributed by atoms with Gasteiger partial charge in [-0.1, -0.05) is 6.07 Å². The Labute approximate surface area is 117 Å². The summed E-state index contributed by atoms with van der Waals surface area (Å²) in [6.07, 6.45) is 3.31. The average Bonchev–Trinajstić information content (AvgIpc) is 2.52. The van der Waals surface area contributed by atoms with E-state index >= 15 is 0 Å². The fourth-order valence-corrected chi connectivity index (χ4v) is 1.61. The van der Waals surface area contributed by atoms with E-state index < -0.39 is 0 Å². The molecule has 0 unspecified atom stereocenters. The number of carbonyl (C=O) groups is 1. The van der Waals surface area contributed by atoms with Crippen LogP contribution in [0.25, 0.3) is 0 Å². The number of hydrogen-bond acceptors (Lipinski definition) is 5. The van der Waals surface area contributed by atoms with Crippen LogP contribution < -0.4 is 15.4 Å². The van der Waals surface area contributed by atoms with Gasteiger partial charge < -0.3 is 15.4 Å². The predicted molar refractivity (Wildman–Crippen MR) is 75.8 cm³/mol. The van der Waals surface area contributed by atoms with Crippen molar-refractivity contribution in [1.29, 1.82) is 0 Å². The molecule has 1 amide bonds. The van der Waals surface area contributed by atoms with E-state index in [1.54, 1.807) is 49.8 Å². The van der Waals surface area contributed by atoms with E-state index in [0.29, 0.717) is 30.4 Å². The second kappa shape index (κ2) is 7.08. The third kappa shape index (κ3) is 3.94. The normalized spacial score (nSPS) is 9.85. The Kier molecular flexibility index (Phi) is 4.88. The van der Waals surface area contributed by atoms with Crippen LogP contribution in [-0.4, -0.2) is 36.1 Å². The molecule has 0 atom stereocenters. The molecule has 1 heterocycles. The van der Waals surface area contributed by atoms with Gasteiger partial charge in [0.2, 0.25) is 5.95 Å². The van der Waals surface area contributed by atoms with Crippen molar-refractivity contribution in [2.24, 2.45) is 0 Å². The first-order valence-electron chi connectivity index (χ1n) is 6.23. The highest BCUT2D eigenvalue weighted by Gasteiger charge is 2.05. The first kappa shape index (κ1) is 13.8. The van der Waals surface area contributed by atoms with Crippen molar-refractivity contribution in [3.8, 4) is 5.75 Å². The van der Waals surface area contributed by atoms with Crippen molar-refractivity contribution in [3.63, 3.8) is 0 Å². The topological polar surface area (TPSA) is 76.1 Å². The van der Waals surface area contributed by atoms with Gasteiger partial charge in [0, 0.05) is 31.0 Å². The standard InChI is InChI=1S/C14H16N4O2/c1-20-12-5-2-4-11(10-12)13(19)15-8-9-18-14-16-6-3-7-17-14/h2-7,10H,8-9H2,1H3,(H,15,19)(H,16,17,18). The zero-order chi connectivity index (χ0) is 14.2. The summed E-state index contributed by atoms with van der Waals surface area (Å²) in [7, 11) is 1.57. The first-order valence-corrected chi connectivity index (χ1v) is 6.23. The van der Waals surface area contributed by atoms with Gasteiger partial charge in [-0.15, -0.1) is 0 Å². The summed E-state index contributed by atoms with van der Waals surface area (Å²) in [5.41, 5.74) is 0.570. The van der Waals surface area contributed by atoms with Gasteiger partial charge in [0.05, 0.1) is 7.11 Å². The molecule has 1 aromatic heterocycles. The molecule has 6 heteroatoms. The lowest BCUT2D eigenvalue weighted by Gasteiger charge is -2.07. The zero-order valence-electron chi connectivity index (χ0n) is 11.2. The molecule has 0 saturated carbocycles. The smallest absolute Gasteiger partial charge is 0.251 e. The van der Waals surface area contributed by atoms with E-state index in [1.165, 1.54) is 0 Å². The van der Waals surface area contributed by atoms with Crippen molar-refractivity contribution in [2.45, 2.75) is 0 Å². The van der Waals surface area contributed by atoms with E-state index in [9.17, 15) is 4.79 Å². The summed E-state index contributed by atoms with van der Waals surface area (Å²) in [5, 5.41) is 5.82. The quantitative estimate of drug-likeness (QED) is 0.776. The van der Waals surface area contributed by atoms with Crippen LogP contribution in [0.15, 0.2) is 42.7 Å². The van der Waals surface area contributed by atoms with Gasteiger partial charge in [-0.3, -0.25) is 4.79 Å². The van der Waals surface area contributed by atoms with Gasteiger partial charge >= 0.3 is 0 Å². The maximum absolute atomic E-state index is 11.9. The van der Waals surface area contributed by atoms with E-state index in [4.69, 9.17) is 4.74 Å². The number of carbonyl (C=O) groups excluding carboxylic acids is 1. The summed E-state index contributed by atoms with van der Waals surface area (Å²) in [6, 6.07) is 8.76. The van der Waals surface area contributed by atoms with Gasteiger partial charge in [0.15, 0.2) is 0 Å². The highest BCUT2D eigenvalue weighted by atomic mass is 16.5. The molecule has 0 radical (unpaired) electrons. The minimum Gasteiger partial charge on any atom is -0.497 e. The molecule has 0 aliphatic carbocycles. The largest absolute Gasteiger partial charge is 0.497 e. The van der Waals surface area contributed by atoms with Crippen LogP contribution in [0.5, 0.6) is 5.75 Å². The van der Waals surface area contributed by atoms with E-state index in [0.717, 1.165) is 0 Å². The highest BCUT2D eigenvalue weighted by Crippen LogP contribution is 2.12. The molecule has 0 aliphatic heterocycles. The van der Waals surface area contributed by atoms with Crippen molar-refractivity contribution >= 4 is 11.9 Å². The van der Waals surface area contributed by atoms with Crippen molar-refractivity contribution < 1.29 is 9.53 Å². The SMILES string of the molecule is COc1cccc(C(=O)NCCNc2ncccn2)c1. The Morgan fingerprint density at radius 1 is 1.20 bits per heavy atom. The molecule has 0 bridgehead atoms. The van der Waals surface area contributed by atoms with Crippen LogP contribution in [0, 0.1) is 0 Å². The molecule has 0 fully saturated rings. The van der Waals surface area contributed by atoms with Crippen LogP contribution >= 0.6 is 0 Å². The molecule has 0 spiro atoms. The van der Waals surface area contributed by atoms with E-state index in [2.05, 4.69) is 20.6 Å². The number of ether oxygens (including phenoxy) is 1. The Hall–Kier alpha value is -2.63. The third-order valence-corrected chi connectivity index (χ3v) is 2.59. The minimum atomic E-state index is -0.139. The summed E-state index contributed by atoms with van der Waals surface area (Å²) < 4.78 is 5.08. The fraction of sp³-hybridized carbons (Fsp3) is 0.214. The van der Waals surface area contributed by atoms with Crippen LogP contribution in [0.3, 0.4) is 0 Å². The van der Waals surface area contributed by atoms with Crippen LogP contribution in [0.1, 0.15) is 10.4 Å². The van der Waals surface area contributed by atoms with Crippen LogP contribution in [0.2, 0.25) is 0 Å². The third-order valence-electron chi connectivity index (χ3n) is 2.59. The van der Waals surface area contributed by atoms with E-state index in [1.807, 2.05) is 0 Å². The number of anilines is 1. The molecule has 2 aromatic rings. The lowest BCUT2D eigenvalue weighted by Crippen LogP contribution is -2.29. The molecule has 104 valence electrons. The van der Waals surface area contributed by atoms with Crippen molar-refractivity contribution in [1.82, 2.24) is 15.3 Å². The average molecular weight is 272 g/mol. The maximum Gasteiger partial charge on any atom is 0.251 e. The number of aromatic nitrogens is 2. The summed E-state index contributed by atoms with van der Waals surface area (Å²) >= 11 is 0. The Balaban J connectivity index is 1.77. The Morgan fingerprint density at radius 3 is 2.75 bits per heavy atom. The lowest BCUT2D eigenvalue weighted by atomic mass is 10.2. The highest BCUT2D eigenvalue weighted by molar-refractivity contribution is 5.94. The van der Waals surface area contributed by atoms with Gasteiger partial charge in [-0.2, -0.15) is 0 Å². The van der Waals surface area contributed by atoms with Gasteiger partial charge in [-0.05, 0) is 24.3 Å². The number of amides is 1. The zero-order valence-corrected chi connectivity index (χ0v) is 11.2. The Bertz CT molecular complexity index is 560. The van der Waals surface area contributed by atoms with Crippen molar-refractivity contribution in [3.05, 3.63) is 48.3 Å². The number of methoxy groups -OCH3 is 1. The van der Waals surface area contributed by atoms with Gasteiger partial charge in [0.1, 0.15) is 5.75 Å². The summed E-state index contributed by atoms with van der Waals surface area (Å²) in [6.45, 7) is 1.04. The molecular weight excluding hydrogens is 256 g/mol.